The first-order valence-corrected chi connectivity index (χ1v) is 7.38. The van der Waals surface area contributed by atoms with Crippen LogP contribution in [0.25, 0.3) is 11.0 Å². The van der Waals surface area contributed by atoms with E-state index in [4.69, 9.17) is 5.73 Å². The molecule has 0 saturated carbocycles. The monoisotopic (exact) mass is 260 g/mol. The van der Waals surface area contributed by atoms with Crippen LogP contribution in [-0.2, 0) is 12.8 Å². The molecule has 0 aliphatic carbocycles. The Morgan fingerprint density at radius 1 is 1.11 bits per heavy atom. The molecule has 0 aliphatic heterocycles. The quantitative estimate of drug-likeness (QED) is 0.590. The van der Waals surface area contributed by atoms with E-state index in [1.54, 1.807) is 0 Å². The molecule has 4 nitrogen and oxygen atoms in total. The van der Waals surface area contributed by atoms with Gasteiger partial charge in [0.2, 0.25) is 0 Å². The van der Waals surface area contributed by atoms with Crippen LogP contribution in [0, 0.1) is 0 Å². The lowest BCUT2D eigenvalue weighted by Gasteiger charge is -2.10. The van der Waals surface area contributed by atoms with Crippen molar-refractivity contribution in [3.05, 3.63) is 17.2 Å². The number of nitrogens with two attached hydrogens (primary N) is 1. The fourth-order valence-corrected chi connectivity index (χ4v) is 2.61. The van der Waals surface area contributed by atoms with Crippen molar-refractivity contribution in [1.29, 1.82) is 0 Å². The van der Waals surface area contributed by atoms with Gasteiger partial charge < -0.3 is 5.73 Å². The minimum atomic E-state index is 0.901. The summed E-state index contributed by atoms with van der Waals surface area (Å²) in [7, 11) is 0. The highest BCUT2D eigenvalue weighted by molar-refractivity contribution is 5.84. The van der Waals surface area contributed by atoms with Crippen molar-refractivity contribution in [1.82, 2.24) is 15.4 Å². The average molecular weight is 260 g/mol. The predicted octanol–water partition coefficient (Wildman–Crippen LogP) is 3.62. The van der Waals surface area contributed by atoms with Gasteiger partial charge in [-0.15, -0.1) is 0 Å². The smallest absolute Gasteiger partial charge is 0.118 e. The van der Waals surface area contributed by atoms with Gasteiger partial charge in [-0.1, -0.05) is 39.5 Å². The van der Waals surface area contributed by atoms with E-state index < -0.39 is 0 Å². The number of hydrogen-bond acceptors (Lipinski definition) is 3. The fourth-order valence-electron chi connectivity index (χ4n) is 2.61. The number of nitrogens with zero attached hydrogens (tertiary/aromatic N) is 2. The Morgan fingerprint density at radius 2 is 1.89 bits per heavy atom. The fraction of sp³-hybridized carbons (Fsp3) is 0.600. The number of nitrogen functional groups attached to an aromatic ring is 1. The van der Waals surface area contributed by atoms with Gasteiger partial charge in [-0.25, -0.2) is 0 Å². The van der Waals surface area contributed by atoms with Crippen LogP contribution in [0.3, 0.4) is 0 Å². The molecule has 2 rings (SSSR count). The Balaban J connectivity index is 2.11. The zero-order chi connectivity index (χ0) is 13.7. The van der Waals surface area contributed by atoms with Gasteiger partial charge in [0, 0.05) is 11.3 Å². The first kappa shape index (κ1) is 13.8. The van der Waals surface area contributed by atoms with Crippen molar-refractivity contribution < 1.29 is 0 Å². The van der Waals surface area contributed by atoms with E-state index in [9.17, 15) is 0 Å². The number of aromatic nitrogens is 3. The standard InChI is InChI=1S/C15H24N4/c1-3-5-6-7-8-9-11-10-13-15(18-19-17-13)12(4-2)14(11)16/h10H,3-9,16H2,1-2H3,(H,17,18,19). The van der Waals surface area contributed by atoms with E-state index in [2.05, 4.69) is 35.3 Å². The molecule has 19 heavy (non-hydrogen) atoms. The van der Waals surface area contributed by atoms with E-state index in [1.807, 2.05) is 0 Å². The minimum Gasteiger partial charge on any atom is -0.398 e. The van der Waals surface area contributed by atoms with Gasteiger partial charge in [0.05, 0.1) is 0 Å². The summed E-state index contributed by atoms with van der Waals surface area (Å²) in [6.45, 7) is 4.36. The largest absolute Gasteiger partial charge is 0.398 e. The summed E-state index contributed by atoms with van der Waals surface area (Å²) in [6.07, 6.45) is 8.38. The van der Waals surface area contributed by atoms with Gasteiger partial charge >= 0.3 is 0 Å². The number of nitrogens with one attached hydrogen (secondary N) is 1. The molecule has 0 saturated heterocycles. The van der Waals surface area contributed by atoms with Crippen LogP contribution in [0.2, 0.25) is 0 Å². The zero-order valence-electron chi connectivity index (χ0n) is 12.0. The molecule has 3 N–H and O–H groups in total. The lowest BCUT2D eigenvalue weighted by atomic mass is 9.98. The molecule has 0 fully saturated rings. The van der Waals surface area contributed by atoms with Crippen molar-refractivity contribution >= 4 is 16.7 Å². The van der Waals surface area contributed by atoms with E-state index in [-0.39, 0.29) is 0 Å². The van der Waals surface area contributed by atoms with Crippen LogP contribution in [0.5, 0.6) is 0 Å². The summed E-state index contributed by atoms with van der Waals surface area (Å²) in [5.74, 6) is 0. The lowest BCUT2D eigenvalue weighted by molar-refractivity contribution is 0.632. The number of aromatic amines is 1. The lowest BCUT2D eigenvalue weighted by Crippen LogP contribution is -2.01. The molecule has 104 valence electrons. The molecule has 1 aromatic heterocycles. The third-order valence-corrected chi connectivity index (χ3v) is 3.75. The van der Waals surface area contributed by atoms with Crippen molar-refractivity contribution in [2.45, 2.75) is 58.8 Å². The number of hydrogen-bond donors (Lipinski definition) is 2. The van der Waals surface area contributed by atoms with Crippen LogP contribution in [0.4, 0.5) is 5.69 Å². The minimum absolute atomic E-state index is 0.901. The highest BCUT2D eigenvalue weighted by atomic mass is 15.3. The topological polar surface area (TPSA) is 67.6 Å². The second kappa shape index (κ2) is 6.55. The van der Waals surface area contributed by atoms with Crippen LogP contribution >= 0.6 is 0 Å². The summed E-state index contributed by atoms with van der Waals surface area (Å²) in [4.78, 5) is 0. The van der Waals surface area contributed by atoms with E-state index in [0.717, 1.165) is 35.1 Å². The molecule has 0 spiro atoms. The first-order valence-electron chi connectivity index (χ1n) is 7.38. The maximum absolute atomic E-state index is 6.28. The molecule has 1 aromatic carbocycles. The number of aryl methyl sites for hydroxylation is 2. The van der Waals surface area contributed by atoms with Crippen molar-refractivity contribution in [3.63, 3.8) is 0 Å². The summed E-state index contributed by atoms with van der Waals surface area (Å²) < 4.78 is 0. The number of fused-ring (bicyclic) bond motifs is 1. The SMILES string of the molecule is CCCCCCCc1cc2n[nH]nc2c(CC)c1N. The third kappa shape index (κ3) is 3.06. The number of H-pyrrole nitrogens is 1. The highest BCUT2D eigenvalue weighted by Crippen LogP contribution is 2.27. The van der Waals surface area contributed by atoms with Crippen LogP contribution in [0.1, 0.15) is 57.1 Å². The number of anilines is 1. The Kier molecular flexibility index (Phi) is 4.77. The molecule has 4 heteroatoms. The second-order valence-electron chi connectivity index (χ2n) is 5.14. The van der Waals surface area contributed by atoms with Crippen molar-refractivity contribution in [3.8, 4) is 0 Å². The molecule has 0 radical (unpaired) electrons. The van der Waals surface area contributed by atoms with Gasteiger partial charge in [0.15, 0.2) is 0 Å². The van der Waals surface area contributed by atoms with Crippen molar-refractivity contribution in [2.24, 2.45) is 0 Å². The van der Waals surface area contributed by atoms with Gasteiger partial charge in [-0.05, 0) is 30.9 Å². The van der Waals surface area contributed by atoms with Crippen LogP contribution in [-0.4, -0.2) is 15.4 Å². The predicted molar refractivity (Wildman–Crippen MR) is 80.1 cm³/mol. The molecular formula is C15H24N4. The molecule has 0 bridgehead atoms. The van der Waals surface area contributed by atoms with Crippen molar-refractivity contribution in [2.75, 3.05) is 5.73 Å². The molecule has 0 unspecified atom stereocenters. The van der Waals surface area contributed by atoms with Gasteiger partial charge in [-0.2, -0.15) is 15.4 Å². The second-order valence-corrected chi connectivity index (χ2v) is 5.14. The van der Waals surface area contributed by atoms with E-state index >= 15 is 0 Å². The average Bonchev–Trinajstić information content (AvgIpc) is 2.87. The number of unbranched alkanes of at least 4 members (excludes halogenated alkanes) is 4. The Morgan fingerprint density at radius 3 is 2.63 bits per heavy atom. The molecule has 0 amide bonds. The van der Waals surface area contributed by atoms with Crippen LogP contribution < -0.4 is 5.73 Å². The third-order valence-electron chi connectivity index (χ3n) is 3.75. The Bertz CT molecular complexity index is 530. The van der Waals surface area contributed by atoms with Crippen LogP contribution in [0.15, 0.2) is 6.07 Å². The Labute approximate surface area is 114 Å². The summed E-state index contributed by atoms with van der Waals surface area (Å²) in [5, 5.41) is 11.1. The summed E-state index contributed by atoms with van der Waals surface area (Å²) in [5.41, 5.74) is 11.4. The number of rotatable bonds is 7. The van der Waals surface area contributed by atoms with Gasteiger partial charge in [0.1, 0.15) is 11.0 Å². The molecular weight excluding hydrogens is 236 g/mol. The van der Waals surface area contributed by atoms with E-state index in [0.29, 0.717) is 0 Å². The Hall–Kier alpha value is -1.58. The molecule has 0 aliphatic rings. The first-order chi connectivity index (χ1) is 9.27. The zero-order valence-corrected chi connectivity index (χ0v) is 12.0. The number of benzene rings is 1. The van der Waals surface area contributed by atoms with Gasteiger partial charge in [0.25, 0.3) is 0 Å². The molecule has 0 atom stereocenters. The molecule has 1 heterocycles. The maximum Gasteiger partial charge on any atom is 0.118 e. The maximum atomic E-state index is 6.28. The summed E-state index contributed by atoms with van der Waals surface area (Å²) >= 11 is 0. The normalized spacial score (nSPS) is 11.3. The summed E-state index contributed by atoms with van der Waals surface area (Å²) in [6, 6.07) is 2.09. The van der Waals surface area contributed by atoms with Gasteiger partial charge in [-0.3, -0.25) is 0 Å². The van der Waals surface area contributed by atoms with E-state index in [1.165, 1.54) is 37.7 Å². The molecule has 2 aromatic rings. The highest BCUT2D eigenvalue weighted by Gasteiger charge is 2.12.